The fourth-order valence-corrected chi connectivity index (χ4v) is 2.05. The molecule has 0 aliphatic rings. The van der Waals surface area contributed by atoms with Gasteiger partial charge in [-0.15, -0.1) is 0 Å². The summed E-state index contributed by atoms with van der Waals surface area (Å²) in [6.45, 7) is 4.91. The average Bonchev–Trinajstić information content (AvgIpc) is 2.24. The van der Waals surface area contributed by atoms with Crippen LogP contribution in [0.3, 0.4) is 0 Å². The SMILES string of the molecule is CC(C)(C)C(Cc1ccccc1)(C(=O)O)C(=O)O.[K]. The predicted molar refractivity (Wildman–Crippen MR) is 73.1 cm³/mol. The summed E-state index contributed by atoms with van der Waals surface area (Å²) in [4.78, 5) is 23.1. The molecule has 2 N–H and O–H groups in total. The van der Waals surface area contributed by atoms with Gasteiger partial charge in [0, 0.05) is 51.4 Å². The van der Waals surface area contributed by atoms with Gasteiger partial charge in [0.2, 0.25) is 0 Å². The van der Waals surface area contributed by atoms with Crippen molar-refractivity contribution in [2.75, 3.05) is 0 Å². The van der Waals surface area contributed by atoms with Gasteiger partial charge in [-0.3, -0.25) is 9.59 Å². The standard InChI is InChI=1S/C14H18O4.K/c1-13(2,3)14(11(15)16,12(17)18)9-10-7-5-4-6-8-10;/h4-8H,9H2,1-3H3,(H,15,16)(H,17,18);. The molecule has 0 bridgehead atoms. The Kier molecular flexibility index (Phi) is 6.92. The number of hydrogen-bond donors (Lipinski definition) is 2. The maximum Gasteiger partial charge on any atom is 0.321 e. The van der Waals surface area contributed by atoms with Gasteiger partial charge in [-0.05, 0) is 17.4 Å². The first kappa shape index (κ1) is 18.8. The van der Waals surface area contributed by atoms with Gasteiger partial charge in [-0.1, -0.05) is 51.1 Å². The van der Waals surface area contributed by atoms with Gasteiger partial charge in [-0.2, -0.15) is 0 Å². The largest absolute Gasteiger partial charge is 0.480 e. The van der Waals surface area contributed by atoms with Crippen molar-refractivity contribution in [3.05, 3.63) is 35.9 Å². The number of benzene rings is 1. The molecular weight excluding hydrogens is 271 g/mol. The van der Waals surface area contributed by atoms with Crippen LogP contribution in [-0.4, -0.2) is 73.5 Å². The zero-order valence-electron chi connectivity index (χ0n) is 11.8. The molecule has 19 heavy (non-hydrogen) atoms. The Balaban J connectivity index is 0.00000324. The Morgan fingerprint density at radius 1 is 1.00 bits per heavy atom. The molecule has 0 heterocycles. The van der Waals surface area contributed by atoms with E-state index < -0.39 is 22.8 Å². The Labute approximate surface area is 155 Å². The number of carboxylic acid groups (broad SMARTS) is 2. The Morgan fingerprint density at radius 3 is 1.74 bits per heavy atom. The third kappa shape index (κ3) is 3.89. The summed E-state index contributed by atoms with van der Waals surface area (Å²) in [7, 11) is 0. The Bertz CT molecular complexity index is 434. The summed E-state index contributed by atoms with van der Waals surface area (Å²) in [6, 6.07) is 8.83. The number of aliphatic carboxylic acids is 2. The molecule has 0 saturated heterocycles. The maximum atomic E-state index is 11.5. The third-order valence-electron chi connectivity index (χ3n) is 3.32. The molecule has 1 rings (SSSR count). The van der Waals surface area contributed by atoms with Crippen molar-refractivity contribution >= 4 is 63.3 Å². The molecule has 99 valence electrons. The van der Waals surface area contributed by atoms with E-state index >= 15 is 0 Å². The second-order valence-corrected chi connectivity index (χ2v) is 5.43. The first-order valence-corrected chi connectivity index (χ1v) is 5.72. The van der Waals surface area contributed by atoms with Crippen molar-refractivity contribution in [1.29, 1.82) is 0 Å². The van der Waals surface area contributed by atoms with Gasteiger partial charge in [0.1, 0.15) is 0 Å². The minimum absolute atomic E-state index is 0. The molecule has 0 unspecified atom stereocenters. The van der Waals surface area contributed by atoms with E-state index in [1.807, 2.05) is 6.07 Å². The van der Waals surface area contributed by atoms with Gasteiger partial charge < -0.3 is 10.2 Å². The number of carbonyl (C=O) groups is 2. The fraction of sp³-hybridized carbons (Fsp3) is 0.429. The molecule has 0 fully saturated rings. The first-order valence-electron chi connectivity index (χ1n) is 5.72. The second-order valence-electron chi connectivity index (χ2n) is 5.43. The van der Waals surface area contributed by atoms with Crippen LogP contribution in [0.1, 0.15) is 26.3 Å². The topological polar surface area (TPSA) is 74.6 Å². The molecule has 1 aromatic carbocycles. The van der Waals surface area contributed by atoms with Gasteiger partial charge >= 0.3 is 11.9 Å². The van der Waals surface area contributed by atoms with Crippen LogP contribution in [0.5, 0.6) is 0 Å². The summed E-state index contributed by atoms with van der Waals surface area (Å²) in [5.41, 5.74) is -2.01. The average molecular weight is 289 g/mol. The number of hydrogen-bond acceptors (Lipinski definition) is 2. The molecule has 0 atom stereocenters. The van der Waals surface area contributed by atoms with E-state index in [0.29, 0.717) is 5.56 Å². The fourth-order valence-electron chi connectivity index (χ4n) is 2.05. The van der Waals surface area contributed by atoms with Crippen molar-refractivity contribution < 1.29 is 19.8 Å². The van der Waals surface area contributed by atoms with Crippen LogP contribution < -0.4 is 0 Å². The van der Waals surface area contributed by atoms with E-state index in [1.165, 1.54) is 0 Å². The molecule has 0 saturated carbocycles. The molecule has 0 spiro atoms. The summed E-state index contributed by atoms with van der Waals surface area (Å²) in [5, 5.41) is 18.8. The third-order valence-corrected chi connectivity index (χ3v) is 3.32. The Hall–Kier alpha value is -0.204. The zero-order valence-corrected chi connectivity index (χ0v) is 14.9. The summed E-state index contributed by atoms with van der Waals surface area (Å²) in [6.07, 6.45) is -0.0258. The van der Waals surface area contributed by atoms with Crippen LogP contribution in [0.2, 0.25) is 0 Å². The molecule has 4 nitrogen and oxygen atoms in total. The van der Waals surface area contributed by atoms with E-state index in [4.69, 9.17) is 0 Å². The molecule has 1 radical (unpaired) electrons. The first-order chi connectivity index (χ1) is 8.22. The van der Waals surface area contributed by atoms with Crippen molar-refractivity contribution in [3.63, 3.8) is 0 Å². The Morgan fingerprint density at radius 2 is 1.42 bits per heavy atom. The van der Waals surface area contributed by atoms with Crippen molar-refractivity contribution in [2.45, 2.75) is 27.2 Å². The van der Waals surface area contributed by atoms with E-state index in [-0.39, 0.29) is 57.8 Å². The van der Waals surface area contributed by atoms with Crippen molar-refractivity contribution in [2.24, 2.45) is 10.8 Å². The maximum absolute atomic E-state index is 11.5. The zero-order chi connectivity index (χ0) is 14.0. The van der Waals surface area contributed by atoms with Gasteiger partial charge in [0.05, 0.1) is 0 Å². The summed E-state index contributed by atoms with van der Waals surface area (Å²) in [5.74, 6) is -2.60. The minimum Gasteiger partial charge on any atom is -0.480 e. The van der Waals surface area contributed by atoms with Crippen LogP contribution in [0.25, 0.3) is 0 Å². The quantitative estimate of drug-likeness (QED) is 0.657. The number of rotatable bonds is 4. The molecule has 0 aromatic heterocycles. The normalized spacial score (nSPS) is 11.5. The van der Waals surface area contributed by atoms with Crippen LogP contribution in [0.15, 0.2) is 30.3 Å². The second kappa shape index (κ2) is 6.99. The van der Waals surface area contributed by atoms with Gasteiger partial charge in [0.15, 0.2) is 5.41 Å². The smallest absolute Gasteiger partial charge is 0.321 e. The molecule has 5 heteroatoms. The predicted octanol–water partition coefficient (Wildman–Crippen LogP) is 2.05. The van der Waals surface area contributed by atoms with Crippen LogP contribution in [0, 0.1) is 10.8 Å². The molecule has 0 aliphatic carbocycles. The van der Waals surface area contributed by atoms with Crippen molar-refractivity contribution in [3.8, 4) is 0 Å². The summed E-state index contributed by atoms with van der Waals surface area (Å²) < 4.78 is 0. The van der Waals surface area contributed by atoms with E-state index in [9.17, 15) is 19.8 Å². The van der Waals surface area contributed by atoms with Gasteiger partial charge in [0.25, 0.3) is 0 Å². The van der Waals surface area contributed by atoms with E-state index in [1.54, 1.807) is 45.0 Å². The monoisotopic (exact) mass is 289 g/mol. The minimum atomic E-state index is -1.83. The molecule has 0 amide bonds. The summed E-state index contributed by atoms with van der Waals surface area (Å²) >= 11 is 0. The molecule has 0 aliphatic heterocycles. The van der Waals surface area contributed by atoms with Crippen molar-refractivity contribution in [1.82, 2.24) is 0 Å². The van der Waals surface area contributed by atoms with E-state index in [2.05, 4.69) is 0 Å². The number of carboxylic acids is 2. The van der Waals surface area contributed by atoms with Gasteiger partial charge in [-0.25, -0.2) is 0 Å². The molecular formula is C14H18KO4. The van der Waals surface area contributed by atoms with Crippen LogP contribution in [0.4, 0.5) is 0 Å². The molecule has 1 aromatic rings. The van der Waals surface area contributed by atoms with Crippen LogP contribution >= 0.6 is 0 Å². The van der Waals surface area contributed by atoms with E-state index in [0.717, 1.165) is 0 Å². The van der Waals surface area contributed by atoms with Crippen LogP contribution in [-0.2, 0) is 16.0 Å².